The lowest BCUT2D eigenvalue weighted by molar-refractivity contribution is -0.385. The molecule has 2 aromatic carbocycles. The summed E-state index contributed by atoms with van der Waals surface area (Å²) >= 11 is 5.89. The van der Waals surface area contributed by atoms with E-state index in [1.54, 1.807) is 32.0 Å². The van der Waals surface area contributed by atoms with Gasteiger partial charge in [-0.3, -0.25) is 10.1 Å². The Balaban J connectivity index is 2.26. The SMILES string of the molecule is Cc1cc(OC(=O)c2ccc(C)c([N+](=O)[O-])c2)ccc1Cl. The quantitative estimate of drug-likeness (QED) is 0.371. The Morgan fingerprint density at radius 2 is 1.86 bits per heavy atom. The monoisotopic (exact) mass is 305 g/mol. The van der Waals surface area contributed by atoms with Crippen molar-refractivity contribution in [3.63, 3.8) is 0 Å². The number of nitro benzene ring substituents is 1. The summed E-state index contributed by atoms with van der Waals surface area (Å²) in [5, 5.41) is 11.4. The van der Waals surface area contributed by atoms with Crippen LogP contribution in [0.3, 0.4) is 0 Å². The summed E-state index contributed by atoms with van der Waals surface area (Å²) in [6.07, 6.45) is 0. The minimum Gasteiger partial charge on any atom is -0.423 e. The van der Waals surface area contributed by atoms with E-state index in [-0.39, 0.29) is 11.3 Å². The van der Waals surface area contributed by atoms with Crippen molar-refractivity contribution in [1.29, 1.82) is 0 Å². The second kappa shape index (κ2) is 5.93. The molecule has 6 heteroatoms. The fraction of sp³-hybridized carbons (Fsp3) is 0.133. The number of carbonyl (C=O) groups excluding carboxylic acids is 1. The van der Waals surface area contributed by atoms with E-state index in [0.29, 0.717) is 16.3 Å². The first-order chi connectivity index (χ1) is 9.88. The smallest absolute Gasteiger partial charge is 0.343 e. The highest BCUT2D eigenvalue weighted by molar-refractivity contribution is 6.31. The molecule has 0 N–H and O–H groups in total. The first-order valence-electron chi connectivity index (χ1n) is 6.12. The summed E-state index contributed by atoms with van der Waals surface area (Å²) < 4.78 is 5.19. The van der Waals surface area contributed by atoms with Crippen molar-refractivity contribution in [1.82, 2.24) is 0 Å². The number of nitrogens with zero attached hydrogens (tertiary/aromatic N) is 1. The lowest BCUT2D eigenvalue weighted by Gasteiger charge is -2.06. The summed E-state index contributed by atoms with van der Waals surface area (Å²) in [7, 11) is 0. The Morgan fingerprint density at radius 3 is 2.48 bits per heavy atom. The molecule has 0 aromatic heterocycles. The molecule has 0 radical (unpaired) electrons. The fourth-order valence-electron chi connectivity index (χ4n) is 1.78. The number of halogens is 1. The lowest BCUT2D eigenvalue weighted by atomic mass is 10.1. The van der Waals surface area contributed by atoms with Gasteiger partial charge < -0.3 is 4.74 Å². The Bertz CT molecular complexity index is 728. The van der Waals surface area contributed by atoms with Crippen molar-refractivity contribution in [2.45, 2.75) is 13.8 Å². The second-order valence-electron chi connectivity index (χ2n) is 4.56. The number of nitro groups is 1. The molecular formula is C15H12ClNO4. The number of hydrogen-bond acceptors (Lipinski definition) is 4. The number of hydrogen-bond donors (Lipinski definition) is 0. The predicted molar refractivity (Wildman–Crippen MR) is 79.0 cm³/mol. The number of ether oxygens (including phenoxy) is 1. The largest absolute Gasteiger partial charge is 0.423 e. The van der Waals surface area contributed by atoms with E-state index in [9.17, 15) is 14.9 Å². The fourth-order valence-corrected chi connectivity index (χ4v) is 1.90. The maximum atomic E-state index is 12.0. The van der Waals surface area contributed by atoms with Crippen molar-refractivity contribution in [3.8, 4) is 5.75 Å². The lowest BCUT2D eigenvalue weighted by Crippen LogP contribution is -2.09. The van der Waals surface area contributed by atoms with Gasteiger partial charge >= 0.3 is 5.97 Å². The normalized spacial score (nSPS) is 10.2. The molecule has 0 bridgehead atoms. The van der Waals surface area contributed by atoms with Gasteiger partial charge in [-0.2, -0.15) is 0 Å². The van der Waals surface area contributed by atoms with Gasteiger partial charge in [0.15, 0.2) is 0 Å². The van der Waals surface area contributed by atoms with Crippen LogP contribution in [0.25, 0.3) is 0 Å². The van der Waals surface area contributed by atoms with Crippen LogP contribution in [-0.2, 0) is 0 Å². The first kappa shape index (κ1) is 15.0. The third kappa shape index (κ3) is 3.38. The molecule has 5 nitrogen and oxygen atoms in total. The maximum Gasteiger partial charge on any atom is 0.343 e. The third-order valence-electron chi connectivity index (χ3n) is 2.98. The molecule has 0 saturated heterocycles. The van der Waals surface area contributed by atoms with Crippen molar-refractivity contribution in [2.75, 3.05) is 0 Å². The highest BCUT2D eigenvalue weighted by Gasteiger charge is 2.16. The van der Waals surface area contributed by atoms with Gasteiger partial charge in [-0.15, -0.1) is 0 Å². The van der Waals surface area contributed by atoms with Gasteiger partial charge in [0.2, 0.25) is 0 Å². The molecule has 0 amide bonds. The zero-order valence-corrected chi connectivity index (χ0v) is 12.2. The minimum atomic E-state index is -0.653. The maximum absolute atomic E-state index is 12.0. The van der Waals surface area contributed by atoms with Crippen LogP contribution in [-0.4, -0.2) is 10.9 Å². The van der Waals surface area contributed by atoms with E-state index in [2.05, 4.69) is 0 Å². The van der Waals surface area contributed by atoms with Crippen molar-refractivity contribution < 1.29 is 14.5 Å². The van der Waals surface area contributed by atoms with Gasteiger partial charge in [0, 0.05) is 16.7 Å². The van der Waals surface area contributed by atoms with E-state index in [1.165, 1.54) is 18.2 Å². The number of esters is 1. The van der Waals surface area contributed by atoms with Gasteiger partial charge in [0.1, 0.15) is 5.75 Å². The summed E-state index contributed by atoms with van der Waals surface area (Å²) in [5.41, 5.74) is 1.27. The van der Waals surface area contributed by atoms with E-state index >= 15 is 0 Å². The molecule has 0 fully saturated rings. The van der Waals surface area contributed by atoms with Crippen molar-refractivity contribution >= 4 is 23.3 Å². The van der Waals surface area contributed by atoms with Crippen LogP contribution in [0.5, 0.6) is 5.75 Å². The van der Waals surface area contributed by atoms with Crippen molar-refractivity contribution in [3.05, 3.63) is 68.2 Å². The molecular weight excluding hydrogens is 294 g/mol. The third-order valence-corrected chi connectivity index (χ3v) is 3.41. The van der Waals surface area contributed by atoms with Crippen LogP contribution < -0.4 is 4.74 Å². The summed E-state index contributed by atoms with van der Waals surface area (Å²) in [5.74, 6) is -0.315. The molecule has 0 unspecified atom stereocenters. The zero-order valence-electron chi connectivity index (χ0n) is 11.4. The molecule has 0 spiro atoms. The van der Waals surface area contributed by atoms with Crippen LogP contribution in [0.1, 0.15) is 21.5 Å². The molecule has 108 valence electrons. The molecule has 0 heterocycles. The first-order valence-corrected chi connectivity index (χ1v) is 6.49. The average Bonchev–Trinajstić information content (AvgIpc) is 2.43. The Hall–Kier alpha value is -2.40. The average molecular weight is 306 g/mol. The zero-order chi connectivity index (χ0) is 15.6. The van der Waals surface area contributed by atoms with E-state index in [0.717, 1.165) is 5.56 Å². The van der Waals surface area contributed by atoms with Crippen molar-refractivity contribution in [2.24, 2.45) is 0 Å². The second-order valence-corrected chi connectivity index (χ2v) is 4.97. The molecule has 0 saturated carbocycles. The van der Waals surface area contributed by atoms with Gasteiger partial charge in [-0.05, 0) is 43.7 Å². The van der Waals surface area contributed by atoms with Crippen LogP contribution in [0.15, 0.2) is 36.4 Å². The number of rotatable bonds is 3. The van der Waals surface area contributed by atoms with E-state index < -0.39 is 10.9 Å². The van der Waals surface area contributed by atoms with Crippen LogP contribution in [0, 0.1) is 24.0 Å². The molecule has 0 aliphatic rings. The van der Waals surface area contributed by atoms with Gasteiger partial charge in [0.25, 0.3) is 5.69 Å². The number of aryl methyl sites for hydroxylation is 2. The molecule has 0 aliphatic heterocycles. The Morgan fingerprint density at radius 1 is 1.14 bits per heavy atom. The Labute approximate surface area is 126 Å². The summed E-state index contributed by atoms with van der Waals surface area (Å²) in [6.45, 7) is 3.40. The van der Waals surface area contributed by atoms with Gasteiger partial charge in [-0.1, -0.05) is 17.7 Å². The minimum absolute atomic E-state index is 0.114. The van der Waals surface area contributed by atoms with E-state index in [1.807, 2.05) is 0 Å². The van der Waals surface area contributed by atoms with Crippen LogP contribution >= 0.6 is 11.6 Å². The van der Waals surface area contributed by atoms with Crippen LogP contribution in [0.4, 0.5) is 5.69 Å². The predicted octanol–water partition coefficient (Wildman–Crippen LogP) is 4.08. The highest BCUT2D eigenvalue weighted by atomic mass is 35.5. The summed E-state index contributed by atoms with van der Waals surface area (Å²) in [4.78, 5) is 22.4. The number of carbonyl (C=O) groups is 1. The molecule has 2 aromatic rings. The standard InChI is InChI=1S/C15H12ClNO4/c1-9-3-4-11(8-14(9)17(19)20)15(18)21-12-5-6-13(16)10(2)7-12/h3-8H,1-2H3. The molecule has 2 rings (SSSR count). The molecule has 0 atom stereocenters. The molecule has 0 aliphatic carbocycles. The summed E-state index contributed by atoms with van der Waals surface area (Å²) in [6, 6.07) is 9.03. The van der Waals surface area contributed by atoms with Gasteiger partial charge in [-0.25, -0.2) is 4.79 Å². The van der Waals surface area contributed by atoms with Gasteiger partial charge in [0.05, 0.1) is 10.5 Å². The Kier molecular flexibility index (Phi) is 4.23. The molecule has 21 heavy (non-hydrogen) atoms. The highest BCUT2D eigenvalue weighted by Crippen LogP contribution is 2.23. The number of benzene rings is 2. The topological polar surface area (TPSA) is 69.4 Å². The van der Waals surface area contributed by atoms with E-state index in [4.69, 9.17) is 16.3 Å². The van der Waals surface area contributed by atoms with Crippen LogP contribution in [0.2, 0.25) is 5.02 Å².